The van der Waals surface area contributed by atoms with Crippen LogP contribution >= 0.6 is 31.9 Å². The first-order valence-electron chi connectivity index (χ1n) is 3.03. The van der Waals surface area contributed by atoms with E-state index in [1.54, 1.807) is 0 Å². The van der Waals surface area contributed by atoms with E-state index in [0.717, 1.165) is 4.48 Å². The fourth-order valence-electron chi connectivity index (χ4n) is 0.798. The van der Waals surface area contributed by atoms with Crippen molar-refractivity contribution >= 4 is 31.9 Å². The van der Waals surface area contributed by atoms with Crippen molar-refractivity contribution < 1.29 is 0 Å². The molecule has 0 saturated heterocycles. The van der Waals surface area contributed by atoms with E-state index < -0.39 is 0 Å². The van der Waals surface area contributed by atoms with Gasteiger partial charge in [-0.3, -0.25) is 0 Å². The summed E-state index contributed by atoms with van der Waals surface area (Å²) in [5, 5.41) is 0. The molecule has 0 aromatic carbocycles. The van der Waals surface area contributed by atoms with Gasteiger partial charge in [-0.25, -0.2) is 0 Å². The van der Waals surface area contributed by atoms with Gasteiger partial charge < -0.3 is 5.73 Å². The Labute approximate surface area is 77.6 Å². The lowest BCUT2D eigenvalue weighted by Gasteiger charge is -2.26. The zero-order valence-corrected chi connectivity index (χ0v) is 8.81. The molecule has 1 rings (SSSR count). The molecule has 0 aromatic heterocycles. The van der Waals surface area contributed by atoms with Crippen molar-refractivity contribution in [2.75, 3.05) is 0 Å². The Hall–Kier alpha value is 0.400. The smallest absolute Gasteiger partial charge is 0.0608 e. The molecule has 1 aliphatic rings. The van der Waals surface area contributed by atoms with E-state index in [2.05, 4.69) is 37.9 Å². The van der Waals surface area contributed by atoms with Crippen molar-refractivity contribution in [3.8, 4) is 0 Å². The largest absolute Gasteiger partial charge is 0.323 e. The average molecular weight is 267 g/mol. The molecule has 0 bridgehead atoms. The van der Waals surface area contributed by atoms with Gasteiger partial charge in [0.1, 0.15) is 0 Å². The fraction of sp³-hybridized carbons (Fsp3) is 0.429. The minimum absolute atomic E-state index is 0.0637. The highest BCUT2D eigenvalue weighted by Crippen LogP contribution is 2.30. The van der Waals surface area contributed by atoms with Crippen LogP contribution in [0, 0.1) is 0 Å². The highest BCUT2D eigenvalue weighted by Gasteiger charge is 2.26. The van der Waals surface area contributed by atoms with E-state index in [0.29, 0.717) is 0 Å². The molecular formula is C7H9Br2N. The lowest BCUT2D eigenvalue weighted by Crippen LogP contribution is -2.38. The molecule has 0 fully saturated rings. The predicted molar refractivity (Wildman–Crippen MR) is 51.5 cm³/mol. The van der Waals surface area contributed by atoms with Crippen LogP contribution in [0.25, 0.3) is 0 Å². The van der Waals surface area contributed by atoms with E-state index in [4.69, 9.17) is 5.73 Å². The zero-order valence-electron chi connectivity index (χ0n) is 5.64. The second-order valence-electron chi connectivity index (χ2n) is 2.57. The van der Waals surface area contributed by atoms with Crippen LogP contribution in [0.4, 0.5) is 0 Å². The molecule has 2 atom stereocenters. The Balaban J connectivity index is 2.88. The molecule has 2 unspecified atom stereocenters. The molecule has 1 aliphatic carbocycles. The minimum atomic E-state index is -0.0966. The summed E-state index contributed by atoms with van der Waals surface area (Å²) >= 11 is 6.90. The summed E-state index contributed by atoms with van der Waals surface area (Å²) in [5.74, 6) is 0. The zero-order chi connectivity index (χ0) is 7.78. The molecule has 0 aliphatic heterocycles. The van der Waals surface area contributed by atoms with Crippen LogP contribution in [0.3, 0.4) is 0 Å². The van der Waals surface area contributed by atoms with Gasteiger partial charge >= 0.3 is 0 Å². The summed E-state index contributed by atoms with van der Waals surface area (Å²) in [5.41, 5.74) is 5.78. The number of hydrogen-bond acceptors (Lipinski definition) is 1. The van der Waals surface area contributed by atoms with E-state index in [1.807, 2.05) is 19.1 Å². The Morgan fingerprint density at radius 2 is 2.30 bits per heavy atom. The van der Waals surface area contributed by atoms with Crippen LogP contribution in [0.1, 0.15) is 6.92 Å². The van der Waals surface area contributed by atoms with Gasteiger partial charge in [0.2, 0.25) is 0 Å². The topological polar surface area (TPSA) is 26.0 Å². The highest BCUT2D eigenvalue weighted by molar-refractivity contribution is 9.12. The standard InChI is InChI=1S/C7H9Br2N/c1-7(9)4-5(8)2-3-6(7)10/h2-4,6H,10H2,1H3. The Bertz CT molecular complexity index is 194. The van der Waals surface area contributed by atoms with Crippen molar-refractivity contribution in [3.63, 3.8) is 0 Å². The van der Waals surface area contributed by atoms with E-state index in [1.165, 1.54) is 0 Å². The van der Waals surface area contributed by atoms with Gasteiger partial charge in [-0.1, -0.05) is 50.1 Å². The minimum Gasteiger partial charge on any atom is -0.323 e. The van der Waals surface area contributed by atoms with Crippen molar-refractivity contribution in [1.82, 2.24) is 0 Å². The van der Waals surface area contributed by atoms with E-state index in [-0.39, 0.29) is 10.4 Å². The molecule has 0 aromatic rings. The maximum Gasteiger partial charge on any atom is 0.0608 e. The Kier molecular flexibility index (Phi) is 2.38. The van der Waals surface area contributed by atoms with Crippen molar-refractivity contribution in [3.05, 3.63) is 22.7 Å². The van der Waals surface area contributed by atoms with Crippen LogP contribution in [0.2, 0.25) is 0 Å². The van der Waals surface area contributed by atoms with Crippen LogP contribution in [0.15, 0.2) is 22.7 Å². The van der Waals surface area contributed by atoms with Gasteiger partial charge in [0.15, 0.2) is 0 Å². The number of halogens is 2. The van der Waals surface area contributed by atoms with Crippen molar-refractivity contribution in [2.45, 2.75) is 17.3 Å². The molecule has 10 heavy (non-hydrogen) atoms. The quantitative estimate of drug-likeness (QED) is 0.669. The van der Waals surface area contributed by atoms with E-state index >= 15 is 0 Å². The predicted octanol–water partition coefficient (Wildman–Crippen LogP) is 2.32. The third kappa shape index (κ3) is 1.71. The highest BCUT2D eigenvalue weighted by atomic mass is 79.9. The molecule has 0 heterocycles. The number of alkyl halides is 1. The second-order valence-corrected chi connectivity index (χ2v) is 5.19. The van der Waals surface area contributed by atoms with Gasteiger partial charge in [0, 0.05) is 10.5 Å². The lowest BCUT2D eigenvalue weighted by atomic mass is 9.98. The van der Waals surface area contributed by atoms with Crippen molar-refractivity contribution in [2.24, 2.45) is 5.73 Å². The third-order valence-corrected chi connectivity index (χ3v) is 2.79. The summed E-state index contributed by atoms with van der Waals surface area (Å²) in [6, 6.07) is 0.0637. The SMILES string of the molecule is CC1(Br)C=C(Br)C=CC1N. The molecular weight excluding hydrogens is 258 g/mol. The van der Waals surface area contributed by atoms with Crippen LogP contribution in [-0.2, 0) is 0 Å². The number of nitrogens with two attached hydrogens (primary N) is 1. The van der Waals surface area contributed by atoms with Crippen molar-refractivity contribution in [1.29, 1.82) is 0 Å². The molecule has 56 valence electrons. The number of hydrogen-bond donors (Lipinski definition) is 1. The molecule has 1 nitrogen and oxygen atoms in total. The van der Waals surface area contributed by atoms with Gasteiger partial charge in [0.25, 0.3) is 0 Å². The summed E-state index contributed by atoms with van der Waals surface area (Å²) in [4.78, 5) is 0. The normalized spacial score (nSPS) is 39.6. The molecule has 0 amide bonds. The Morgan fingerprint density at radius 3 is 2.70 bits per heavy atom. The van der Waals surface area contributed by atoms with Gasteiger partial charge in [-0.05, 0) is 6.92 Å². The maximum absolute atomic E-state index is 5.78. The number of allylic oxidation sites excluding steroid dienone is 2. The van der Waals surface area contributed by atoms with Crippen LogP contribution in [0.5, 0.6) is 0 Å². The summed E-state index contributed by atoms with van der Waals surface area (Å²) in [6.45, 7) is 2.04. The Morgan fingerprint density at radius 1 is 1.70 bits per heavy atom. The first-order chi connectivity index (χ1) is 4.52. The molecule has 0 spiro atoms. The number of rotatable bonds is 0. The van der Waals surface area contributed by atoms with Gasteiger partial charge in [-0.2, -0.15) is 0 Å². The molecule has 2 N–H and O–H groups in total. The monoisotopic (exact) mass is 265 g/mol. The fourth-order valence-corrected chi connectivity index (χ4v) is 2.13. The summed E-state index contributed by atoms with van der Waals surface area (Å²) < 4.78 is 0.981. The van der Waals surface area contributed by atoms with Crippen LogP contribution in [-0.4, -0.2) is 10.4 Å². The first kappa shape index (κ1) is 8.50. The summed E-state index contributed by atoms with van der Waals surface area (Å²) in [7, 11) is 0. The van der Waals surface area contributed by atoms with Gasteiger partial charge in [-0.15, -0.1) is 0 Å². The van der Waals surface area contributed by atoms with E-state index in [9.17, 15) is 0 Å². The van der Waals surface area contributed by atoms with Gasteiger partial charge in [0.05, 0.1) is 4.32 Å². The molecule has 0 radical (unpaired) electrons. The lowest BCUT2D eigenvalue weighted by molar-refractivity contribution is 0.686. The second kappa shape index (κ2) is 2.80. The third-order valence-electron chi connectivity index (χ3n) is 1.53. The summed E-state index contributed by atoms with van der Waals surface area (Å²) in [6.07, 6.45) is 5.99. The maximum atomic E-state index is 5.78. The first-order valence-corrected chi connectivity index (χ1v) is 4.62. The molecule has 3 heteroatoms. The average Bonchev–Trinajstić information content (AvgIpc) is 1.78. The van der Waals surface area contributed by atoms with Crippen LogP contribution < -0.4 is 5.73 Å². The molecule has 0 saturated carbocycles.